The number of imidazole rings is 1. The van der Waals surface area contributed by atoms with Gasteiger partial charge in [0.05, 0.1) is 23.3 Å². The fourth-order valence-electron chi connectivity index (χ4n) is 4.35. The number of thiazole rings is 1. The van der Waals surface area contributed by atoms with E-state index < -0.39 is 0 Å². The number of aromatic nitrogens is 4. The summed E-state index contributed by atoms with van der Waals surface area (Å²) in [5.41, 5.74) is 5.97. The van der Waals surface area contributed by atoms with Crippen LogP contribution in [0.1, 0.15) is 58.9 Å². The number of hydrogen-bond donors (Lipinski definition) is 0. The summed E-state index contributed by atoms with van der Waals surface area (Å²) in [5, 5.41) is 2.07. The maximum absolute atomic E-state index is 13.2. The van der Waals surface area contributed by atoms with Crippen molar-refractivity contribution in [1.82, 2.24) is 24.0 Å². The predicted octanol–water partition coefficient (Wildman–Crippen LogP) is 3.85. The lowest BCUT2D eigenvalue weighted by Gasteiger charge is -2.32. The summed E-state index contributed by atoms with van der Waals surface area (Å²) in [6.45, 7) is 9.41. The van der Waals surface area contributed by atoms with Gasteiger partial charge in [-0.2, -0.15) is 0 Å². The van der Waals surface area contributed by atoms with Crippen LogP contribution in [0.25, 0.3) is 0 Å². The van der Waals surface area contributed by atoms with Crippen molar-refractivity contribution in [2.24, 2.45) is 0 Å². The van der Waals surface area contributed by atoms with Crippen LogP contribution in [0.3, 0.4) is 0 Å². The van der Waals surface area contributed by atoms with Crippen LogP contribution in [0.15, 0.2) is 29.4 Å². The molecule has 0 unspecified atom stereocenters. The Labute approximate surface area is 169 Å². The molecule has 1 aliphatic rings. The minimum atomic E-state index is 0.148. The third-order valence-electron chi connectivity index (χ3n) is 5.76. The molecule has 0 saturated carbocycles. The van der Waals surface area contributed by atoms with Crippen molar-refractivity contribution in [3.8, 4) is 0 Å². The van der Waals surface area contributed by atoms with E-state index >= 15 is 0 Å². The van der Waals surface area contributed by atoms with E-state index in [1.54, 1.807) is 11.3 Å². The van der Waals surface area contributed by atoms with Gasteiger partial charge in [0.25, 0.3) is 5.91 Å². The number of aryl methyl sites for hydroxylation is 1. The van der Waals surface area contributed by atoms with Crippen molar-refractivity contribution in [2.45, 2.75) is 52.6 Å². The van der Waals surface area contributed by atoms with E-state index in [1.165, 1.54) is 0 Å². The highest BCUT2D eigenvalue weighted by atomic mass is 32.1. The molecule has 7 heteroatoms. The fraction of sp³-hybridized carbons (Fsp3) is 0.476. The van der Waals surface area contributed by atoms with Crippen LogP contribution in [0.4, 0.5) is 0 Å². The van der Waals surface area contributed by atoms with Gasteiger partial charge in [0.15, 0.2) is 0 Å². The molecule has 1 fully saturated rings. The first-order chi connectivity index (χ1) is 13.6. The molecule has 0 bridgehead atoms. The topological polar surface area (TPSA) is 56.0 Å². The third kappa shape index (κ3) is 3.51. The molecule has 4 rings (SSSR count). The number of rotatable bonds is 5. The number of piperidine rings is 1. The molecule has 28 heavy (non-hydrogen) atoms. The van der Waals surface area contributed by atoms with E-state index in [1.807, 2.05) is 35.8 Å². The normalized spacial score (nSPS) is 17.2. The molecule has 6 nitrogen and oxygen atoms in total. The molecular formula is C21H27N5OS. The van der Waals surface area contributed by atoms with Crippen LogP contribution in [0.2, 0.25) is 0 Å². The summed E-state index contributed by atoms with van der Waals surface area (Å²) >= 11 is 1.61. The highest BCUT2D eigenvalue weighted by molar-refractivity contribution is 7.07. The number of carbonyl (C=O) groups excluding carboxylic acids is 1. The van der Waals surface area contributed by atoms with E-state index in [0.717, 1.165) is 67.5 Å². The first-order valence-electron chi connectivity index (χ1n) is 9.92. The molecule has 1 amide bonds. The molecule has 1 aliphatic heterocycles. The molecular weight excluding hydrogens is 370 g/mol. The highest BCUT2D eigenvalue weighted by Crippen LogP contribution is 2.28. The largest absolute Gasteiger partial charge is 0.349 e. The van der Waals surface area contributed by atoms with Crippen molar-refractivity contribution in [2.75, 3.05) is 13.1 Å². The van der Waals surface area contributed by atoms with Crippen molar-refractivity contribution in [1.29, 1.82) is 0 Å². The van der Waals surface area contributed by atoms with E-state index in [0.29, 0.717) is 0 Å². The second-order valence-corrected chi connectivity index (χ2v) is 8.23. The quantitative estimate of drug-likeness (QED) is 0.657. The Morgan fingerprint density at radius 1 is 1.32 bits per heavy atom. The van der Waals surface area contributed by atoms with Crippen LogP contribution >= 0.6 is 11.3 Å². The zero-order chi connectivity index (χ0) is 19.7. The molecule has 1 atom stereocenters. The van der Waals surface area contributed by atoms with Crippen molar-refractivity contribution < 1.29 is 4.79 Å². The van der Waals surface area contributed by atoms with Gasteiger partial charge in [-0.1, -0.05) is 0 Å². The van der Waals surface area contributed by atoms with Gasteiger partial charge in [-0.15, -0.1) is 11.3 Å². The summed E-state index contributed by atoms with van der Waals surface area (Å²) in [6.07, 6.45) is 5.94. The molecule has 4 heterocycles. The monoisotopic (exact) mass is 397 g/mol. The highest BCUT2D eigenvalue weighted by Gasteiger charge is 2.29. The lowest BCUT2D eigenvalue weighted by Crippen LogP contribution is -2.40. The Balaban J connectivity index is 1.52. The van der Waals surface area contributed by atoms with Crippen LogP contribution in [-0.4, -0.2) is 43.0 Å². The Morgan fingerprint density at radius 3 is 2.89 bits per heavy atom. The lowest BCUT2D eigenvalue weighted by atomic mass is 9.96. The average molecular weight is 398 g/mol. The smallest absolute Gasteiger partial charge is 0.255 e. The molecule has 1 saturated heterocycles. The second kappa shape index (κ2) is 7.91. The zero-order valence-electron chi connectivity index (χ0n) is 16.8. The van der Waals surface area contributed by atoms with Gasteiger partial charge in [0.2, 0.25) is 0 Å². The van der Waals surface area contributed by atoms with Crippen LogP contribution < -0.4 is 0 Å². The van der Waals surface area contributed by atoms with E-state index in [9.17, 15) is 4.79 Å². The molecule has 148 valence electrons. The first kappa shape index (κ1) is 18.9. The van der Waals surface area contributed by atoms with Gasteiger partial charge in [0.1, 0.15) is 5.82 Å². The standard InChI is InChI=1S/C21H27N5OS/c1-4-26-15(2)10-19(16(26)3)21(27)25-8-5-6-17(11-25)20-22-7-9-24(20)12-18-13-28-14-23-18/h7,9-10,13-14,17H,4-6,8,11-12H2,1-3H3/t17-/m1/s1. The van der Waals surface area contributed by atoms with Crippen molar-refractivity contribution >= 4 is 17.2 Å². The number of likely N-dealkylation sites (tertiary alicyclic amines) is 1. The van der Waals surface area contributed by atoms with Crippen molar-refractivity contribution in [3.63, 3.8) is 0 Å². The zero-order valence-corrected chi connectivity index (χ0v) is 17.6. The third-order valence-corrected chi connectivity index (χ3v) is 6.39. The Kier molecular flexibility index (Phi) is 5.35. The Hall–Kier alpha value is -2.41. The van der Waals surface area contributed by atoms with Gasteiger partial charge in [0, 0.05) is 54.7 Å². The molecule has 0 radical (unpaired) electrons. The summed E-state index contributed by atoms with van der Waals surface area (Å²) < 4.78 is 4.38. The van der Waals surface area contributed by atoms with Crippen LogP contribution in [-0.2, 0) is 13.1 Å². The van der Waals surface area contributed by atoms with Gasteiger partial charge in [-0.25, -0.2) is 9.97 Å². The minimum Gasteiger partial charge on any atom is -0.349 e. The molecule has 0 spiro atoms. The molecule has 0 N–H and O–H groups in total. The van der Waals surface area contributed by atoms with E-state index in [2.05, 4.69) is 38.3 Å². The number of carbonyl (C=O) groups is 1. The van der Waals surface area contributed by atoms with Gasteiger partial charge in [-0.3, -0.25) is 4.79 Å². The Bertz CT molecular complexity index is 956. The summed E-state index contributed by atoms with van der Waals surface area (Å²) in [5.74, 6) is 1.47. The molecule has 0 aromatic carbocycles. The summed E-state index contributed by atoms with van der Waals surface area (Å²) in [6, 6.07) is 2.04. The SMILES string of the molecule is CCn1c(C)cc(C(=O)N2CCC[C@@H](c3nccn3Cc3cscn3)C2)c1C. The predicted molar refractivity (Wildman–Crippen MR) is 111 cm³/mol. The maximum atomic E-state index is 13.2. The van der Waals surface area contributed by atoms with Gasteiger partial charge < -0.3 is 14.0 Å². The number of amides is 1. The Morgan fingerprint density at radius 2 is 2.18 bits per heavy atom. The number of hydrogen-bond acceptors (Lipinski definition) is 4. The van der Waals surface area contributed by atoms with Crippen LogP contribution in [0, 0.1) is 13.8 Å². The first-order valence-corrected chi connectivity index (χ1v) is 10.9. The number of nitrogens with zero attached hydrogens (tertiary/aromatic N) is 5. The summed E-state index contributed by atoms with van der Waals surface area (Å²) in [7, 11) is 0. The molecule has 3 aromatic rings. The average Bonchev–Trinajstić information content (AvgIpc) is 3.43. The van der Waals surface area contributed by atoms with E-state index in [-0.39, 0.29) is 11.8 Å². The van der Waals surface area contributed by atoms with Gasteiger partial charge >= 0.3 is 0 Å². The second-order valence-electron chi connectivity index (χ2n) is 7.51. The van der Waals surface area contributed by atoms with Gasteiger partial charge in [-0.05, 0) is 39.7 Å². The summed E-state index contributed by atoms with van der Waals surface area (Å²) in [4.78, 5) is 24.3. The van der Waals surface area contributed by atoms with Crippen molar-refractivity contribution in [3.05, 3.63) is 57.8 Å². The maximum Gasteiger partial charge on any atom is 0.255 e. The fourth-order valence-corrected chi connectivity index (χ4v) is 4.90. The van der Waals surface area contributed by atoms with Crippen LogP contribution in [0.5, 0.6) is 0 Å². The lowest BCUT2D eigenvalue weighted by molar-refractivity contribution is 0.0702. The van der Waals surface area contributed by atoms with E-state index in [4.69, 9.17) is 0 Å². The molecule has 3 aromatic heterocycles. The minimum absolute atomic E-state index is 0.148. The molecule has 0 aliphatic carbocycles.